The van der Waals surface area contributed by atoms with Crippen LogP contribution in [0.5, 0.6) is 0 Å². The van der Waals surface area contributed by atoms with E-state index in [1.165, 1.54) is 6.42 Å². The number of rotatable bonds is 1. The molecule has 0 aliphatic heterocycles. The molecule has 1 nitrogen and oxygen atoms in total. The Kier molecular flexibility index (Phi) is 12.5. The molecule has 0 fully saturated rings. The van der Waals surface area contributed by atoms with Gasteiger partial charge in [-0.2, -0.15) is 0 Å². The standard InChI is InChI=1S/C4H6O.C3H8/c1-4(2)3-5;1-3-2/h3H,1H2,2H3;3H2,1-2H3. The van der Waals surface area contributed by atoms with Crippen LogP contribution in [0.4, 0.5) is 0 Å². The fourth-order valence-corrected chi connectivity index (χ4v) is 0. The third-order valence-electron chi connectivity index (χ3n) is 0.201. The summed E-state index contributed by atoms with van der Waals surface area (Å²) in [5.74, 6) is 0. The van der Waals surface area contributed by atoms with Gasteiger partial charge in [0.05, 0.1) is 0 Å². The molecular formula is C7H14O. The normalized spacial score (nSPS) is 6.38. The van der Waals surface area contributed by atoms with E-state index in [1.807, 2.05) is 0 Å². The first-order chi connectivity index (χ1) is 3.68. The smallest absolute Gasteiger partial charge is 0.145 e. The minimum atomic E-state index is 0.574. The molecule has 48 valence electrons. The van der Waals surface area contributed by atoms with Gasteiger partial charge in [0.25, 0.3) is 0 Å². The first-order valence-corrected chi connectivity index (χ1v) is 2.79. The highest BCUT2D eigenvalue weighted by Crippen LogP contribution is 1.70. The van der Waals surface area contributed by atoms with E-state index >= 15 is 0 Å². The summed E-state index contributed by atoms with van der Waals surface area (Å²) in [7, 11) is 0. The van der Waals surface area contributed by atoms with Gasteiger partial charge in [0.15, 0.2) is 0 Å². The van der Waals surface area contributed by atoms with E-state index in [1.54, 1.807) is 6.92 Å². The average Bonchev–Trinajstić information content (AvgIpc) is 1.69. The second-order valence-electron chi connectivity index (χ2n) is 1.67. The molecule has 0 aromatic heterocycles. The van der Waals surface area contributed by atoms with Gasteiger partial charge >= 0.3 is 0 Å². The van der Waals surface area contributed by atoms with Gasteiger partial charge in [-0.3, -0.25) is 4.79 Å². The van der Waals surface area contributed by atoms with E-state index in [9.17, 15) is 4.79 Å². The lowest BCUT2D eigenvalue weighted by atomic mass is 10.4. The highest BCUT2D eigenvalue weighted by molar-refractivity contribution is 5.70. The summed E-state index contributed by atoms with van der Waals surface area (Å²) in [4.78, 5) is 9.41. The second-order valence-corrected chi connectivity index (χ2v) is 1.67. The monoisotopic (exact) mass is 114 g/mol. The highest BCUT2D eigenvalue weighted by Gasteiger charge is 1.66. The lowest BCUT2D eigenvalue weighted by Crippen LogP contribution is -1.65. The predicted molar refractivity (Wildman–Crippen MR) is 36.8 cm³/mol. The Morgan fingerprint density at radius 3 is 1.75 bits per heavy atom. The summed E-state index contributed by atoms with van der Waals surface area (Å²) in [6.45, 7) is 9.22. The van der Waals surface area contributed by atoms with Crippen molar-refractivity contribution in [3.63, 3.8) is 0 Å². The Morgan fingerprint density at radius 2 is 1.75 bits per heavy atom. The SMILES string of the molecule is C=C(C)C=O.CCC. The molecule has 0 saturated heterocycles. The van der Waals surface area contributed by atoms with Crippen molar-refractivity contribution in [2.75, 3.05) is 0 Å². The van der Waals surface area contributed by atoms with Gasteiger partial charge in [-0.05, 0) is 12.5 Å². The molecule has 0 aromatic carbocycles. The number of aldehydes is 1. The van der Waals surface area contributed by atoms with Crippen LogP contribution in [0.15, 0.2) is 12.2 Å². The molecule has 0 amide bonds. The van der Waals surface area contributed by atoms with Crippen LogP contribution in [0.2, 0.25) is 0 Å². The molecule has 0 atom stereocenters. The summed E-state index contributed by atoms with van der Waals surface area (Å²) >= 11 is 0. The fraction of sp³-hybridized carbons (Fsp3) is 0.571. The molecule has 0 aliphatic rings. The van der Waals surface area contributed by atoms with Crippen LogP contribution in [-0.4, -0.2) is 6.29 Å². The number of hydrogen-bond acceptors (Lipinski definition) is 1. The van der Waals surface area contributed by atoms with Crippen molar-refractivity contribution in [1.82, 2.24) is 0 Å². The maximum absolute atomic E-state index is 9.41. The van der Waals surface area contributed by atoms with Crippen LogP contribution in [0.1, 0.15) is 27.2 Å². The minimum Gasteiger partial charge on any atom is -0.298 e. The van der Waals surface area contributed by atoms with E-state index in [2.05, 4.69) is 20.4 Å². The van der Waals surface area contributed by atoms with E-state index in [4.69, 9.17) is 0 Å². The first kappa shape index (κ1) is 10.4. The summed E-state index contributed by atoms with van der Waals surface area (Å²) in [5.41, 5.74) is 0.574. The molecular weight excluding hydrogens is 100 g/mol. The van der Waals surface area contributed by atoms with E-state index in [0.717, 1.165) is 6.29 Å². The maximum atomic E-state index is 9.41. The van der Waals surface area contributed by atoms with Crippen molar-refractivity contribution >= 4 is 6.29 Å². The van der Waals surface area contributed by atoms with Crippen molar-refractivity contribution in [3.05, 3.63) is 12.2 Å². The topological polar surface area (TPSA) is 17.1 Å². The molecule has 0 radical (unpaired) electrons. The Bertz CT molecular complexity index is 64.8. The number of allylic oxidation sites excluding steroid dienone is 1. The summed E-state index contributed by atoms with van der Waals surface area (Å²) in [6, 6.07) is 0. The Balaban J connectivity index is 0. The molecule has 8 heavy (non-hydrogen) atoms. The van der Waals surface area contributed by atoms with Crippen molar-refractivity contribution in [1.29, 1.82) is 0 Å². The fourth-order valence-electron chi connectivity index (χ4n) is 0. The van der Waals surface area contributed by atoms with E-state index in [-0.39, 0.29) is 0 Å². The molecule has 0 spiro atoms. The lowest BCUT2D eigenvalue weighted by molar-refractivity contribution is -0.104. The molecule has 0 unspecified atom stereocenters. The quantitative estimate of drug-likeness (QED) is 0.377. The van der Waals surface area contributed by atoms with Crippen LogP contribution in [0.3, 0.4) is 0 Å². The van der Waals surface area contributed by atoms with Crippen molar-refractivity contribution < 1.29 is 4.79 Å². The third kappa shape index (κ3) is 52.9. The summed E-state index contributed by atoms with van der Waals surface area (Å²) in [6.07, 6.45) is 1.97. The maximum Gasteiger partial charge on any atom is 0.145 e. The van der Waals surface area contributed by atoms with Gasteiger partial charge in [0.1, 0.15) is 6.29 Å². The first-order valence-electron chi connectivity index (χ1n) is 2.79. The van der Waals surface area contributed by atoms with Gasteiger partial charge < -0.3 is 0 Å². The molecule has 0 aliphatic carbocycles. The largest absolute Gasteiger partial charge is 0.298 e. The van der Waals surface area contributed by atoms with Gasteiger partial charge in [0, 0.05) is 0 Å². The van der Waals surface area contributed by atoms with Crippen molar-refractivity contribution in [2.45, 2.75) is 27.2 Å². The summed E-state index contributed by atoms with van der Waals surface area (Å²) in [5, 5.41) is 0. The van der Waals surface area contributed by atoms with Crippen LogP contribution < -0.4 is 0 Å². The van der Waals surface area contributed by atoms with Crippen LogP contribution in [-0.2, 0) is 4.79 Å². The van der Waals surface area contributed by atoms with Crippen LogP contribution in [0.25, 0.3) is 0 Å². The third-order valence-corrected chi connectivity index (χ3v) is 0.201. The zero-order valence-corrected chi connectivity index (χ0v) is 5.90. The van der Waals surface area contributed by atoms with Gasteiger partial charge in [-0.25, -0.2) is 0 Å². The Labute approximate surface area is 51.4 Å². The van der Waals surface area contributed by atoms with Gasteiger partial charge in [-0.15, -0.1) is 0 Å². The van der Waals surface area contributed by atoms with Gasteiger partial charge in [0.2, 0.25) is 0 Å². The van der Waals surface area contributed by atoms with Crippen LogP contribution >= 0.6 is 0 Å². The van der Waals surface area contributed by atoms with Crippen molar-refractivity contribution in [2.24, 2.45) is 0 Å². The zero-order valence-electron chi connectivity index (χ0n) is 5.90. The predicted octanol–water partition coefficient (Wildman–Crippen LogP) is 2.18. The molecule has 1 heteroatoms. The number of carbonyl (C=O) groups excluding carboxylic acids is 1. The molecule has 0 rings (SSSR count). The van der Waals surface area contributed by atoms with Crippen LogP contribution in [0, 0.1) is 0 Å². The lowest BCUT2D eigenvalue weighted by Gasteiger charge is -1.65. The van der Waals surface area contributed by atoms with E-state index < -0.39 is 0 Å². The number of hydrogen-bond donors (Lipinski definition) is 0. The molecule has 0 saturated carbocycles. The second kappa shape index (κ2) is 9.65. The van der Waals surface area contributed by atoms with Crippen molar-refractivity contribution in [3.8, 4) is 0 Å². The van der Waals surface area contributed by atoms with Gasteiger partial charge in [-0.1, -0.05) is 26.8 Å². The highest BCUT2D eigenvalue weighted by atomic mass is 16.1. The molecule has 0 aromatic rings. The molecule has 0 heterocycles. The average molecular weight is 114 g/mol. The minimum absolute atomic E-state index is 0.574. The zero-order chi connectivity index (χ0) is 6.99. The Hall–Kier alpha value is -0.590. The summed E-state index contributed by atoms with van der Waals surface area (Å²) < 4.78 is 0. The van der Waals surface area contributed by atoms with E-state index in [0.29, 0.717) is 5.57 Å². The molecule has 0 N–H and O–H groups in total. The number of carbonyl (C=O) groups is 1. The molecule has 0 bridgehead atoms. The Morgan fingerprint density at radius 1 is 1.62 bits per heavy atom.